The Morgan fingerprint density at radius 3 is 1.08 bits per heavy atom. The van der Waals surface area contributed by atoms with Crippen LogP contribution in [0.15, 0.2) is 135 Å². The van der Waals surface area contributed by atoms with E-state index < -0.39 is 56.7 Å². The van der Waals surface area contributed by atoms with Crippen molar-refractivity contribution in [2.75, 3.05) is 79.3 Å². The molecule has 0 atom stereocenters. The number of alkyl halides is 4. The zero-order valence-electron chi connectivity index (χ0n) is 73.2. The van der Waals surface area contributed by atoms with Gasteiger partial charge in [-0.2, -0.15) is 21.6 Å². The fourth-order valence-corrected chi connectivity index (χ4v) is 19.8. The lowest BCUT2D eigenvalue weighted by Crippen LogP contribution is -2.37. The van der Waals surface area contributed by atoms with Crippen molar-refractivity contribution in [3.63, 3.8) is 0 Å². The number of halogens is 14. The number of hydrogen-bond acceptors (Lipinski definition) is 28. The van der Waals surface area contributed by atoms with Gasteiger partial charge in [-0.05, 0) is 139 Å². The summed E-state index contributed by atoms with van der Waals surface area (Å²) in [5, 5.41) is 12.3. The van der Waals surface area contributed by atoms with Gasteiger partial charge in [-0.1, -0.05) is 128 Å². The highest BCUT2D eigenvalue weighted by molar-refractivity contribution is 9.08. The SMILES string of the molecule is CC(=O)SCc1ccc(F)cc1Cl.CC(=O)SCc1ccc(F)cc1Cl.CCOC(=O)C1=C(O)CCC2(C1)OCCO2.CCOC(=O)C1=C(OS(=O)(=O)C(F)(F)F)CCC2(C1)OCCO2.CCOC(=O)C1=C(SCc2ccc(F)cc2Cl)CCC(=O)C1.CCOC(=O)C1=C(SCc2ccc(F)cc2Cl)CCC2(C1)OCCO2.Fc1ccc(CBr)c(Cl)c1.O=C1CCC2(CC1)OCCO2. The summed E-state index contributed by atoms with van der Waals surface area (Å²) in [6, 6.07) is 21.3. The van der Waals surface area contributed by atoms with Crippen LogP contribution in [0.3, 0.4) is 0 Å². The fourth-order valence-electron chi connectivity index (χ4n) is 13.5. The molecular weight excluding hydrogens is 2030 g/mol. The Morgan fingerprint density at radius 1 is 0.414 bits per heavy atom. The highest BCUT2D eigenvalue weighted by Crippen LogP contribution is 2.47. The van der Waals surface area contributed by atoms with Crippen LogP contribution in [0, 0.1) is 29.1 Å². The minimum atomic E-state index is -5.86. The van der Waals surface area contributed by atoms with Crippen LogP contribution >= 0.6 is 121 Å². The van der Waals surface area contributed by atoms with Crippen molar-refractivity contribution in [3.8, 4) is 0 Å². The number of aliphatic hydroxyl groups is 1. The Labute approximate surface area is 815 Å². The molecule has 24 nitrogen and oxygen atoms in total. The standard InChI is InChI=1S/C18H20ClFO4S.C16H16ClFO3S.C12H15F3O7S.C11H16O5.2C9H8ClFOS.C8H12O3.C7H5BrClF/c1-2-22-17(21)14-10-18(23-7-8-24-18)6-5-16(14)25-11-12-3-4-13(20)9-15(12)19;1-2-21-16(20)13-8-12(19)5-6-15(13)22-9-10-3-4-11(18)7-14(10)17;1-2-19-10(16)8-7-11(20-5-6-21-11)4-3-9(8)22-23(17,18)12(13,14)15;1-2-14-10(13)8-7-11(4-3-9(8)12)15-5-6-16-11;2*1-6(12)13-5-7-2-3-8(11)4-9(7)10;9-7-1-3-8(4-2-7)10-5-6-11-8;8-4-5-1-2-6(10)3-7(5)9/h3-4,9H,2,5-8,10-11H2,1H3;3-4,7H,2,5-6,8-9H2,1H3;2-7H2,1H3;12H,2-7H2,1H3;2*2-4H,5H2,1H3;1-6H2;1-3H,4H2. The van der Waals surface area contributed by atoms with E-state index in [0.717, 1.165) is 74.0 Å². The Balaban J connectivity index is 0.000000211. The molecule has 1 saturated carbocycles. The number of ketones is 2. The summed E-state index contributed by atoms with van der Waals surface area (Å²) in [4.78, 5) is 93.5. The van der Waals surface area contributed by atoms with Gasteiger partial charge in [-0.25, -0.2) is 41.1 Å². The molecule has 4 saturated heterocycles. The van der Waals surface area contributed by atoms with E-state index in [-0.39, 0.29) is 132 Å². The van der Waals surface area contributed by atoms with E-state index in [1.807, 2.05) is 0 Å². The highest BCUT2D eigenvalue weighted by atomic mass is 79.9. The molecule has 133 heavy (non-hydrogen) atoms. The summed E-state index contributed by atoms with van der Waals surface area (Å²) in [5.74, 6) is -4.91. The zero-order valence-corrected chi connectivity index (χ0v) is 82.6. The normalized spacial score (nSPS) is 17.9. The van der Waals surface area contributed by atoms with Crippen LogP contribution in [-0.4, -0.2) is 167 Å². The van der Waals surface area contributed by atoms with Crippen LogP contribution in [0.4, 0.5) is 35.1 Å². The van der Waals surface area contributed by atoms with Gasteiger partial charge in [-0.3, -0.25) is 19.2 Å². The van der Waals surface area contributed by atoms with Crippen molar-refractivity contribution < 1.29 is 148 Å². The zero-order chi connectivity index (χ0) is 97.9. The number of rotatable bonds is 21. The van der Waals surface area contributed by atoms with Crippen LogP contribution in [-0.2, 0) is 138 Å². The van der Waals surface area contributed by atoms with Gasteiger partial charge >= 0.3 is 39.5 Å². The van der Waals surface area contributed by atoms with Crippen LogP contribution in [0.5, 0.6) is 0 Å². The van der Waals surface area contributed by atoms with Crippen LogP contribution < -0.4 is 0 Å². The molecule has 5 fully saturated rings. The van der Waals surface area contributed by atoms with Gasteiger partial charge in [0.1, 0.15) is 52.2 Å². The quantitative estimate of drug-likeness (QED) is 0.0178. The predicted octanol–water partition coefficient (Wildman–Crippen LogP) is 22.4. The molecule has 0 unspecified atom stereocenters. The first kappa shape index (κ1) is 114. The second kappa shape index (κ2) is 55.4. The minimum Gasteiger partial charge on any atom is -0.512 e. The lowest BCUT2D eigenvalue weighted by Gasteiger charge is -2.33. The fraction of sp³-hybridized carbons (Fsp3) is 0.489. The molecule has 4 heterocycles. The number of allylic oxidation sites excluding steroid dienone is 4. The molecule has 43 heteroatoms. The summed E-state index contributed by atoms with van der Waals surface area (Å²) in [6.07, 6.45) is 6.46. The number of carbonyl (C=O) groups is 8. The van der Waals surface area contributed by atoms with E-state index in [4.69, 9.17) is 115 Å². The average Bonchev–Trinajstić information content (AvgIpc) is 1.77. The molecule has 0 bridgehead atoms. The maximum atomic E-state index is 13.2. The van der Waals surface area contributed by atoms with Gasteiger partial charge in [0.05, 0.1) is 102 Å². The molecule has 9 aliphatic rings. The number of benzene rings is 5. The molecule has 732 valence electrons. The molecule has 0 amide bonds. The second-order valence-corrected chi connectivity index (χ2v) is 38.2. The third-order valence-corrected chi connectivity index (χ3v) is 27.8. The van der Waals surface area contributed by atoms with E-state index in [9.17, 15) is 87.0 Å². The highest BCUT2D eigenvalue weighted by Gasteiger charge is 2.52. The van der Waals surface area contributed by atoms with E-state index in [1.54, 1.807) is 51.1 Å². The van der Waals surface area contributed by atoms with Crippen molar-refractivity contribution >= 4 is 177 Å². The third-order valence-electron chi connectivity index (χ3n) is 20.2. The topological polar surface area (TPSA) is 311 Å². The molecular formula is C90H100BrCl5F8O24S5. The van der Waals surface area contributed by atoms with Crippen molar-refractivity contribution in [3.05, 3.63) is 217 Å². The molecule has 0 aromatic heterocycles. The first-order valence-electron chi connectivity index (χ1n) is 41.7. The number of Topliss-reactive ketones (excluding diaryl/α,β-unsaturated/α-hetero) is 2. The van der Waals surface area contributed by atoms with Gasteiger partial charge < -0.3 is 66.1 Å². The number of aliphatic hydroxyl groups excluding tert-OH is 1. The number of hydrogen-bond donors (Lipinski definition) is 1. The smallest absolute Gasteiger partial charge is 0.512 e. The van der Waals surface area contributed by atoms with Crippen molar-refractivity contribution in [2.24, 2.45) is 0 Å². The Morgan fingerprint density at radius 2 is 0.722 bits per heavy atom. The van der Waals surface area contributed by atoms with E-state index in [2.05, 4.69) is 20.1 Å². The Bertz CT molecular complexity index is 5040. The minimum absolute atomic E-state index is 0.0281. The number of thioether (sulfide) groups is 4. The van der Waals surface area contributed by atoms with Crippen LogP contribution in [0.1, 0.15) is 172 Å². The number of esters is 4. The summed E-state index contributed by atoms with van der Waals surface area (Å²) < 4.78 is 192. The molecule has 5 aliphatic carbocycles. The molecule has 0 radical (unpaired) electrons. The summed E-state index contributed by atoms with van der Waals surface area (Å²) in [7, 11) is -5.86. The summed E-state index contributed by atoms with van der Waals surface area (Å²) >= 11 is 37.8. The van der Waals surface area contributed by atoms with Gasteiger partial charge in [0.2, 0.25) is 0 Å². The first-order chi connectivity index (χ1) is 63.0. The van der Waals surface area contributed by atoms with Crippen molar-refractivity contribution in [1.29, 1.82) is 0 Å². The summed E-state index contributed by atoms with van der Waals surface area (Å²) in [6.45, 7) is 14.7. The molecule has 5 aromatic carbocycles. The average molecular weight is 2140 g/mol. The second-order valence-electron chi connectivity index (χ2n) is 29.7. The monoisotopic (exact) mass is 2130 g/mol. The number of carbonyl (C=O) groups excluding carboxylic acids is 8. The molecule has 4 aliphatic heterocycles. The molecule has 4 spiro atoms. The Hall–Kier alpha value is -6.38. The van der Waals surface area contributed by atoms with Crippen molar-refractivity contribution in [1.82, 2.24) is 0 Å². The van der Waals surface area contributed by atoms with Crippen LogP contribution in [0.25, 0.3) is 0 Å². The van der Waals surface area contributed by atoms with E-state index in [1.165, 1.54) is 105 Å². The first-order valence-corrected chi connectivity index (χ1v) is 50.1. The van der Waals surface area contributed by atoms with Crippen LogP contribution in [0.2, 0.25) is 25.1 Å². The maximum absolute atomic E-state index is 13.2. The summed E-state index contributed by atoms with van der Waals surface area (Å²) in [5.41, 5.74) is -0.481. The van der Waals surface area contributed by atoms with Gasteiger partial charge in [0.15, 0.2) is 33.4 Å². The molecule has 5 aromatic rings. The van der Waals surface area contributed by atoms with Gasteiger partial charge in [-0.15, -0.1) is 23.5 Å². The van der Waals surface area contributed by atoms with Gasteiger partial charge in [0, 0.05) is 157 Å². The molecule has 1 N–H and O–H groups in total. The Kier molecular flexibility index (Phi) is 47.3. The molecule has 14 rings (SSSR count). The maximum Gasteiger partial charge on any atom is 0.534 e. The largest absolute Gasteiger partial charge is 0.534 e. The predicted molar refractivity (Wildman–Crippen MR) is 492 cm³/mol. The van der Waals surface area contributed by atoms with Gasteiger partial charge in [0.25, 0.3) is 0 Å². The van der Waals surface area contributed by atoms with E-state index >= 15 is 0 Å². The third kappa shape index (κ3) is 36.7. The lowest BCUT2D eigenvalue weighted by atomic mass is 9.92. The van der Waals surface area contributed by atoms with E-state index in [0.29, 0.717) is 181 Å². The van der Waals surface area contributed by atoms with Crippen molar-refractivity contribution in [2.45, 2.75) is 201 Å². The number of ether oxygens (including phenoxy) is 12. The lowest BCUT2D eigenvalue weighted by molar-refractivity contribution is -0.179.